The van der Waals surface area contributed by atoms with Crippen LogP contribution in [-0.2, 0) is 14.3 Å². The Labute approximate surface area is 193 Å². The van der Waals surface area contributed by atoms with Gasteiger partial charge in [-0.3, -0.25) is 14.5 Å². The highest BCUT2D eigenvalue weighted by Gasteiger charge is 2.39. The van der Waals surface area contributed by atoms with Crippen LogP contribution in [0.1, 0.15) is 31.7 Å². The maximum absolute atomic E-state index is 13.3. The summed E-state index contributed by atoms with van der Waals surface area (Å²) in [4.78, 5) is 27.9. The molecule has 1 N–H and O–H groups in total. The molecule has 2 aromatic rings. The van der Waals surface area contributed by atoms with E-state index in [-0.39, 0.29) is 30.8 Å². The first kappa shape index (κ1) is 22.7. The topological polar surface area (TPSA) is 86.3 Å². The van der Waals surface area contributed by atoms with Crippen molar-refractivity contribution in [3.8, 4) is 17.2 Å². The Morgan fingerprint density at radius 3 is 2.48 bits per heavy atom. The number of hydrogen-bond acceptors (Lipinski definition) is 7. The number of fused-ring (bicyclic) bond motifs is 1. The summed E-state index contributed by atoms with van der Waals surface area (Å²) < 4.78 is 21.6. The molecule has 2 heterocycles. The van der Waals surface area contributed by atoms with Crippen molar-refractivity contribution in [3.05, 3.63) is 53.7 Å². The van der Waals surface area contributed by atoms with Crippen molar-refractivity contribution < 1.29 is 28.5 Å². The van der Waals surface area contributed by atoms with Gasteiger partial charge in [-0.2, -0.15) is 0 Å². The van der Waals surface area contributed by atoms with Gasteiger partial charge in [-0.1, -0.05) is 25.5 Å². The highest BCUT2D eigenvalue weighted by Crippen LogP contribution is 2.36. The normalized spacial score (nSPS) is 14.9. The molecule has 2 aromatic carbocycles. The molecule has 2 amide bonds. The Bertz CT molecular complexity index is 1050. The maximum atomic E-state index is 13.3. The third-order valence-corrected chi connectivity index (χ3v) is 5.50. The first-order valence-corrected chi connectivity index (χ1v) is 11.1. The van der Waals surface area contributed by atoms with Gasteiger partial charge in [0, 0.05) is 31.5 Å². The third-order valence-electron chi connectivity index (χ3n) is 5.50. The second-order valence-electron chi connectivity index (χ2n) is 7.75. The summed E-state index contributed by atoms with van der Waals surface area (Å²) in [6.07, 6.45) is 2.63. The van der Waals surface area contributed by atoms with Gasteiger partial charge < -0.3 is 24.3 Å². The van der Waals surface area contributed by atoms with E-state index in [4.69, 9.17) is 18.9 Å². The van der Waals surface area contributed by atoms with Crippen LogP contribution < -0.4 is 19.5 Å². The minimum Gasteiger partial charge on any atom is -0.497 e. The molecule has 33 heavy (non-hydrogen) atoms. The van der Waals surface area contributed by atoms with Crippen molar-refractivity contribution in [2.75, 3.05) is 39.0 Å². The number of ether oxygens (including phenoxy) is 4. The fourth-order valence-corrected chi connectivity index (χ4v) is 3.71. The predicted molar refractivity (Wildman–Crippen MR) is 123 cm³/mol. The van der Waals surface area contributed by atoms with E-state index in [1.165, 1.54) is 4.90 Å². The molecule has 0 saturated heterocycles. The summed E-state index contributed by atoms with van der Waals surface area (Å²) in [5.41, 5.74) is 1.83. The van der Waals surface area contributed by atoms with Crippen molar-refractivity contribution in [3.63, 3.8) is 0 Å². The van der Waals surface area contributed by atoms with E-state index in [0.717, 1.165) is 12.8 Å². The van der Waals surface area contributed by atoms with Crippen molar-refractivity contribution >= 4 is 23.1 Å². The van der Waals surface area contributed by atoms with Gasteiger partial charge in [0.1, 0.15) is 11.4 Å². The van der Waals surface area contributed by atoms with Crippen LogP contribution in [0.4, 0.5) is 5.69 Å². The van der Waals surface area contributed by atoms with E-state index in [1.54, 1.807) is 49.6 Å². The zero-order valence-corrected chi connectivity index (χ0v) is 18.9. The molecule has 0 aromatic heterocycles. The molecule has 174 valence electrons. The number of imide groups is 1. The van der Waals surface area contributed by atoms with E-state index >= 15 is 0 Å². The molecule has 2 aliphatic rings. The Morgan fingerprint density at radius 2 is 1.73 bits per heavy atom. The highest BCUT2D eigenvalue weighted by molar-refractivity contribution is 6.36. The van der Waals surface area contributed by atoms with Crippen molar-refractivity contribution in [2.24, 2.45) is 0 Å². The molecule has 8 nitrogen and oxygen atoms in total. The standard InChI is InChI=1S/C25H28N2O6/c1-3-4-13-31-14-5-12-27-24(28)22(17-6-9-19(30-2)10-7-17)23(25(27)29)26-18-8-11-20-21(15-18)33-16-32-20/h6-11,15,26H,3-5,12-14,16H2,1-2H3. The number of amides is 2. The van der Waals surface area contributed by atoms with E-state index in [9.17, 15) is 9.59 Å². The van der Waals surface area contributed by atoms with Gasteiger partial charge in [0.25, 0.3) is 11.8 Å². The monoisotopic (exact) mass is 452 g/mol. The molecule has 0 aliphatic carbocycles. The van der Waals surface area contributed by atoms with Crippen LogP contribution in [0, 0.1) is 0 Å². The molecule has 0 spiro atoms. The SMILES string of the molecule is CCCCOCCCN1C(=O)C(Nc2ccc3c(c2)OCO3)=C(c2ccc(OC)cc2)C1=O. The minimum atomic E-state index is -0.364. The predicted octanol–water partition coefficient (Wildman–Crippen LogP) is 3.82. The number of carbonyl (C=O) groups excluding carboxylic acids is 2. The zero-order chi connectivity index (χ0) is 23.2. The van der Waals surface area contributed by atoms with E-state index in [0.29, 0.717) is 53.7 Å². The lowest BCUT2D eigenvalue weighted by Gasteiger charge is -2.15. The van der Waals surface area contributed by atoms with E-state index < -0.39 is 0 Å². The second-order valence-corrected chi connectivity index (χ2v) is 7.75. The van der Waals surface area contributed by atoms with Crippen LogP contribution in [-0.4, -0.2) is 50.4 Å². The van der Waals surface area contributed by atoms with E-state index in [1.807, 2.05) is 0 Å². The van der Waals surface area contributed by atoms with Crippen molar-refractivity contribution in [2.45, 2.75) is 26.2 Å². The highest BCUT2D eigenvalue weighted by atomic mass is 16.7. The Hall–Kier alpha value is -3.52. The van der Waals surface area contributed by atoms with Crippen molar-refractivity contribution in [1.29, 1.82) is 0 Å². The zero-order valence-electron chi connectivity index (χ0n) is 18.9. The smallest absolute Gasteiger partial charge is 0.278 e. The van der Waals surface area contributed by atoms with Gasteiger partial charge >= 0.3 is 0 Å². The second kappa shape index (κ2) is 10.4. The van der Waals surface area contributed by atoms with Gasteiger partial charge in [-0.05, 0) is 42.7 Å². The average molecular weight is 453 g/mol. The molecule has 0 saturated carbocycles. The van der Waals surface area contributed by atoms with Crippen LogP contribution in [0.5, 0.6) is 17.2 Å². The fraction of sp³-hybridized carbons (Fsp3) is 0.360. The quantitative estimate of drug-likeness (QED) is 0.410. The van der Waals surface area contributed by atoms with Crippen LogP contribution >= 0.6 is 0 Å². The Kier molecular flexibility index (Phi) is 7.14. The minimum absolute atomic E-state index is 0.157. The molecule has 4 rings (SSSR count). The van der Waals surface area contributed by atoms with Gasteiger partial charge in [0.15, 0.2) is 11.5 Å². The van der Waals surface area contributed by atoms with Gasteiger partial charge in [0.05, 0.1) is 12.7 Å². The lowest BCUT2D eigenvalue weighted by molar-refractivity contribution is -0.137. The van der Waals surface area contributed by atoms with Crippen LogP contribution in [0.25, 0.3) is 5.57 Å². The van der Waals surface area contributed by atoms with Crippen LogP contribution in [0.15, 0.2) is 48.2 Å². The summed E-state index contributed by atoms with van der Waals surface area (Å²) in [6.45, 7) is 3.73. The summed E-state index contributed by atoms with van der Waals surface area (Å²) in [6, 6.07) is 12.4. The number of unbranched alkanes of at least 4 members (excludes halogenated alkanes) is 1. The molecular formula is C25H28N2O6. The van der Waals surface area contributed by atoms with Crippen molar-refractivity contribution in [1.82, 2.24) is 4.90 Å². The number of hydrogen-bond donors (Lipinski definition) is 1. The molecule has 0 bridgehead atoms. The molecule has 0 unspecified atom stereocenters. The van der Waals surface area contributed by atoms with Gasteiger partial charge in [0.2, 0.25) is 6.79 Å². The molecule has 8 heteroatoms. The number of methoxy groups -OCH3 is 1. The Balaban J connectivity index is 1.57. The molecule has 0 atom stereocenters. The first-order valence-electron chi connectivity index (χ1n) is 11.1. The molecular weight excluding hydrogens is 424 g/mol. The number of benzene rings is 2. The number of carbonyl (C=O) groups is 2. The first-order chi connectivity index (χ1) is 16.1. The summed E-state index contributed by atoms with van der Waals surface area (Å²) in [5, 5.41) is 3.15. The molecule has 0 fully saturated rings. The van der Waals surface area contributed by atoms with Gasteiger partial charge in [-0.15, -0.1) is 0 Å². The summed E-state index contributed by atoms with van der Waals surface area (Å²) in [7, 11) is 1.58. The average Bonchev–Trinajstić information content (AvgIpc) is 3.39. The van der Waals surface area contributed by atoms with Crippen LogP contribution in [0.3, 0.4) is 0 Å². The largest absolute Gasteiger partial charge is 0.497 e. The lowest BCUT2D eigenvalue weighted by Crippen LogP contribution is -2.34. The number of nitrogens with one attached hydrogen (secondary N) is 1. The summed E-state index contributed by atoms with van der Waals surface area (Å²) >= 11 is 0. The Morgan fingerprint density at radius 1 is 0.970 bits per heavy atom. The van der Waals surface area contributed by atoms with E-state index in [2.05, 4.69) is 12.2 Å². The number of nitrogens with zero attached hydrogens (tertiary/aromatic N) is 1. The number of anilines is 1. The lowest BCUT2D eigenvalue weighted by atomic mass is 10.0. The summed E-state index contributed by atoms with van der Waals surface area (Å²) in [5.74, 6) is 1.20. The maximum Gasteiger partial charge on any atom is 0.278 e. The molecule has 0 radical (unpaired) electrons. The third kappa shape index (κ3) is 4.96. The van der Waals surface area contributed by atoms with Crippen LogP contribution in [0.2, 0.25) is 0 Å². The fourth-order valence-electron chi connectivity index (χ4n) is 3.71. The number of rotatable bonds is 11. The molecule has 2 aliphatic heterocycles. The van der Waals surface area contributed by atoms with Gasteiger partial charge in [-0.25, -0.2) is 0 Å².